The molecule has 10 heteroatoms. The van der Waals surface area contributed by atoms with Crippen molar-refractivity contribution in [1.82, 2.24) is 0 Å². The Labute approximate surface area is 183 Å². The average molecular weight is 443 g/mol. The molecular formula is C22H21NO9. The molecule has 2 bridgehead atoms. The van der Waals surface area contributed by atoms with Crippen LogP contribution in [0.1, 0.15) is 31.1 Å². The first-order valence-electron chi connectivity index (χ1n) is 10.1. The first-order valence-corrected chi connectivity index (χ1v) is 10.1. The van der Waals surface area contributed by atoms with Crippen molar-refractivity contribution in [3.05, 3.63) is 42.0 Å². The fraction of sp³-hybridized carbons (Fsp3) is 0.409. The van der Waals surface area contributed by atoms with Crippen molar-refractivity contribution < 1.29 is 42.9 Å². The smallest absolute Gasteiger partial charge is 0.338 e. The summed E-state index contributed by atoms with van der Waals surface area (Å²) in [6.45, 7) is 4.10. The monoisotopic (exact) mass is 443 g/mol. The van der Waals surface area contributed by atoms with Crippen molar-refractivity contribution in [2.75, 3.05) is 11.5 Å². The molecule has 0 aromatic heterocycles. The van der Waals surface area contributed by atoms with Gasteiger partial charge in [-0.25, -0.2) is 9.69 Å². The van der Waals surface area contributed by atoms with E-state index in [0.29, 0.717) is 0 Å². The molecule has 0 unspecified atom stereocenters. The van der Waals surface area contributed by atoms with Gasteiger partial charge in [0.15, 0.2) is 5.60 Å². The van der Waals surface area contributed by atoms with Crippen LogP contribution in [0, 0.1) is 11.8 Å². The van der Waals surface area contributed by atoms with Crippen LogP contribution in [0.4, 0.5) is 5.69 Å². The van der Waals surface area contributed by atoms with Crippen molar-refractivity contribution >= 4 is 35.4 Å². The highest BCUT2D eigenvalue weighted by molar-refractivity contribution is 6.23. The summed E-state index contributed by atoms with van der Waals surface area (Å²) in [5.41, 5.74) is -1.25. The number of ether oxygens (including phenoxy) is 4. The number of nitrogens with zero attached hydrogens (tertiary/aromatic N) is 1. The molecule has 3 aliphatic heterocycles. The molecule has 168 valence electrons. The zero-order valence-electron chi connectivity index (χ0n) is 17.6. The Morgan fingerprint density at radius 2 is 1.81 bits per heavy atom. The van der Waals surface area contributed by atoms with Gasteiger partial charge in [-0.3, -0.25) is 19.2 Å². The highest BCUT2D eigenvalue weighted by atomic mass is 16.7. The van der Waals surface area contributed by atoms with Gasteiger partial charge in [0.05, 0.1) is 35.8 Å². The van der Waals surface area contributed by atoms with Crippen molar-refractivity contribution in [2.24, 2.45) is 11.8 Å². The van der Waals surface area contributed by atoms with E-state index in [-0.39, 0.29) is 17.9 Å². The number of carbonyl (C=O) groups excluding carboxylic acids is 5. The van der Waals surface area contributed by atoms with E-state index in [2.05, 4.69) is 0 Å². The normalized spacial score (nSPS) is 27.6. The number of benzene rings is 1. The molecule has 3 aliphatic rings. The topological polar surface area (TPSA) is 126 Å². The third-order valence-electron chi connectivity index (χ3n) is 5.61. The van der Waals surface area contributed by atoms with Crippen LogP contribution < -0.4 is 4.90 Å². The lowest BCUT2D eigenvalue weighted by atomic mass is 9.76. The lowest BCUT2D eigenvalue weighted by molar-refractivity contribution is -0.226. The second kappa shape index (κ2) is 7.86. The summed E-state index contributed by atoms with van der Waals surface area (Å²) in [5.74, 6) is -5.19. The van der Waals surface area contributed by atoms with Gasteiger partial charge in [0.25, 0.3) is 6.29 Å². The van der Waals surface area contributed by atoms with Crippen LogP contribution in [-0.4, -0.2) is 54.3 Å². The predicted molar refractivity (Wildman–Crippen MR) is 106 cm³/mol. The number of anilines is 1. The summed E-state index contributed by atoms with van der Waals surface area (Å²) in [6.07, 6.45) is 0.781. The third-order valence-corrected chi connectivity index (χ3v) is 5.61. The van der Waals surface area contributed by atoms with Crippen LogP contribution in [0.15, 0.2) is 36.4 Å². The molecule has 2 fully saturated rings. The quantitative estimate of drug-likeness (QED) is 0.275. The van der Waals surface area contributed by atoms with Gasteiger partial charge >= 0.3 is 17.9 Å². The highest BCUT2D eigenvalue weighted by Gasteiger charge is 2.72. The van der Waals surface area contributed by atoms with E-state index >= 15 is 0 Å². The van der Waals surface area contributed by atoms with Crippen LogP contribution in [0.2, 0.25) is 0 Å². The average Bonchev–Trinajstić information content (AvgIpc) is 3.38. The van der Waals surface area contributed by atoms with Crippen LogP contribution >= 0.6 is 0 Å². The molecule has 0 radical (unpaired) electrons. The van der Waals surface area contributed by atoms with Crippen LogP contribution in [0.3, 0.4) is 0 Å². The van der Waals surface area contributed by atoms with Crippen molar-refractivity contribution in [1.29, 1.82) is 0 Å². The maximum Gasteiger partial charge on any atom is 0.338 e. The number of fused-ring (bicyclic) bond motifs is 5. The lowest BCUT2D eigenvalue weighted by Crippen LogP contribution is -2.52. The summed E-state index contributed by atoms with van der Waals surface area (Å²) in [5, 5.41) is 0. The van der Waals surface area contributed by atoms with Gasteiger partial charge in [-0.05, 0) is 31.2 Å². The Kier molecular flexibility index (Phi) is 5.33. The standard InChI is InChI=1S/C22H21NO9/c1-4-29-20(28)13-6-5-7-14(10-13)23-18(26)16-15-8-9-22(32-15,17(16)19(23)27)21(30-11(2)24)31-12(3)25/h5-10,15-17,21H,4H2,1-3H3/t15-,16+,17-,22-/m1/s1. The Morgan fingerprint density at radius 3 is 2.44 bits per heavy atom. The molecule has 2 saturated heterocycles. The molecule has 2 amide bonds. The van der Waals surface area contributed by atoms with E-state index in [9.17, 15) is 24.0 Å². The molecule has 32 heavy (non-hydrogen) atoms. The Bertz CT molecular complexity index is 1030. The van der Waals surface area contributed by atoms with Gasteiger partial charge in [-0.2, -0.15) is 0 Å². The van der Waals surface area contributed by atoms with Gasteiger partial charge in [-0.15, -0.1) is 0 Å². The molecule has 0 N–H and O–H groups in total. The molecule has 3 heterocycles. The maximum absolute atomic E-state index is 13.5. The van der Waals surface area contributed by atoms with Crippen LogP contribution in [-0.2, 0) is 38.1 Å². The minimum Gasteiger partial charge on any atom is -0.462 e. The van der Waals surface area contributed by atoms with Crippen LogP contribution in [0.25, 0.3) is 0 Å². The van der Waals surface area contributed by atoms with E-state index in [1.807, 2.05) is 0 Å². The van der Waals surface area contributed by atoms with Gasteiger partial charge in [0, 0.05) is 13.8 Å². The van der Waals surface area contributed by atoms with Crippen molar-refractivity contribution in [2.45, 2.75) is 38.8 Å². The minimum absolute atomic E-state index is 0.176. The molecule has 0 spiro atoms. The van der Waals surface area contributed by atoms with Gasteiger partial charge < -0.3 is 18.9 Å². The number of carbonyl (C=O) groups is 5. The molecule has 4 atom stereocenters. The zero-order chi connectivity index (χ0) is 23.2. The second-order valence-corrected chi connectivity index (χ2v) is 7.63. The number of imide groups is 1. The van der Waals surface area contributed by atoms with Gasteiger partial charge in [0.1, 0.15) is 0 Å². The largest absolute Gasteiger partial charge is 0.462 e. The molecule has 0 aliphatic carbocycles. The first kappa shape index (κ1) is 21.7. The summed E-state index contributed by atoms with van der Waals surface area (Å²) in [6, 6.07) is 5.97. The van der Waals surface area contributed by atoms with Gasteiger partial charge in [-0.1, -0.05) is 12.1 Å². The summed E-state index contributed by atoms with van der Waals surface area (Å²) in [4.78, 5) is 63.1. The molecule has 0 saturated carbocycles. The Hall–Kier alpha value is -3.53. The second-order valence-electron chi connectivity index (χ2n) is 7.63. The summed E-state index contributed by atoms with van der Waals surface area (Å²) in [7, 11) is 0. The van der Waals surface area contributed by atoms with Crippen LogP contribution in [0.5, 0.6) is 0 Å². The Balaban J connectivity index is 1.71. The van der Waals surface area contributed by atoms with E-state index in [0.717, 1.165) is 18.7 Å². The molecular weight excluding hydrogens is 422 g/mol. The van der Waals surface area contributed by atoms with E-state index in [1.54, 1.807) is 13.0 Å². The number of hydrogen-bond acceptors (Lipinski definition) is 9. The number of hydrogen-bond donors (Lipinski definition) is 0. The van der Waals surface area contributed by atoms with Crippen molar-refractivity contribution in [3.63, 3.8) is 0 Å². The third kappa shape index (κ3) is 3.27. The minimum atomic E-state index is -1.63. The summed E-state index contributed by atoms with van der Waals surface area (Å²) < 4.78 is 21.2. The molecule has 1 aromatic carbocycles. The van der Waals surface area contributed by atoms with E-state index in [4.69, 9.17) is 18.9 Å². The molecule has 1 aromatic rings. The SMILES string of the molecule is CCOC(=O)c1cccc(N2C(=O)[C@H]3[C@H]4C=C[C@@](C(OC(C)=O)OC(C)=O)(O4)[C@H]3C2=O)c1. The Morgan fingerprint density at radius 1 is 1.12 bits per heavy atom. The summed E-state index contributed by atoms with van der Waals surface area (Å²) >= 11 is 0. The first-order chi connectivity index (χ1) is 15.2. The highest BCUT2D eigenvalue weighted by Crippen LogP contribution is 2.54. The predicted octanol–water partition coefficient (Wildman–Crippen LogP) is 1.13. The molecule has 4 rings (SSSR count). The maximum atomic E-state index is 13.5. The van der Waals surface area contributed by atoms with E-state index in [1.165, 1.54) is 30.3 Å². The molecule has 10 nitrogen and oxygen atoms in total. The lowest BCUT2D eigenvalue weighted by Gasteiger charge is -2.34. The van der Waals surface area contributed by atoms with Gasteiger partial charge in [0.2, 0.25) is 11.8 Å². The number of rotatable bonds is 6. The zero-order valence-corrected chi connectivity index (χ0v) is 17.6. The fourth-order valence-electron chi connectivity index (χ4n) is 4.46. The van der Waals surface area contributed by atoms with Crippen molar-refractivity contribution in [3.8, 4) is 0 Å². The van der Waals surface area contributed by atoms with E-state index < -0.39 is 59.6 Å². The number of esters is 3. The number of amides is 2. The fourth-order valence-corrected chi connectivity index (χ4v) is 4.46.